The summed E-state index contributed by atoms with van der Waals surface area (Å²) in [7, 11) is 0. The number of allylic oxidation sites excluding steroid dienone is 1. The molecule has 5 rings (SSSR count). The lowest BCUT2D eigenvalue weighted by molar-refractivity contribution is -0.115. The molecule has 0 aliphatic carbocycles. The third-order valence-electron chi connectivity index (χ3n) is 5.07. The van der Waals surface area contributed by atoms with E-state index in [4.69, 9.17) is 0 Å². The topological polar surface area (TPSA) is 51.0 Å². The van der Waals surface area contributed by atoms with Gasteiger partial charge in [-0.05, 0) is 24.3 Å². The molecule has 5 nitrogen and oxygen atoms in total. The molecule has 0 saturated carbocycles. The molecule has 32 heavy (non-hydrogen) atoms. The highest BCUT2D eigenvalue weighted by Gasteiger charge is 2.28. The van der Waals surface area contributed by atoms with Crippen LogP contribution < -0.4 is 4.90 Å². The van der Waals surface area contributed by atoms with Crippen molar-refractivity contribution in [3.8, 4) is 11.4 Å². The first kappa shape index (κ1) is 20.6. The van der Waals surface area contributed by atoms with Gasteiger partial charge in [-0.3, -0.25) is 14.3 Å². The Morgan fingerprint density at radius 2 is 1.53 bits per heavy atom. The first-order valence-corrected chi connectivity index (χ1v) is 12.0. The minimum atomic E-state index is 0.00427. The Morgan fingerprint density at radius 3 is 2.19 bits per heavy atom. The van der Waals surface area contributed by atoms with Crippen molar-refractivity contribution >= 4 is 40.8 Å². The standard InChI is InChI=1S/C25H20N4OS2/c1-2-16-28-24(18-10-4-3-5-11-18)26-27-25(28)31-17-23(30)29-19-12-6-8-14-21(19)32-22-15-9-7-13-20(22)29/h2-15H,1,16-17H2. The van der Waals surface area contributed by atoms with Crippen LogP contribution in [0.2, 0.25) is 0 Å². The van der Waals surface area contributed by atoms with Crippen LogP contribution in [0.1, 0.15) is 0 Å². The highest BCUT2D eigenvalue weighted by Crippen LogP contribution is 2.48. The van der Waals surface area contributed by atoms with Crippen LogP contribution in [-0.2, 0) is 11.3 Å². The van der Waals surface area contributed by atoms with E-state index in [0.717, 1.165) is 32.6 Å². The van der Waals surface area contributed by atoms with Crippen LogP contribution in [0.25, 0.3) is 11.4 Å². The smallest absolute Gasteiger partial charge is 0.242 e. The molecule has 1 amide bonds. The third kappa shape index (κ3) is 3.85. The van der Waals surface area contributed by atoms with E-state index in [1.807, 2.05) is 82.3 Å². The minimum absolute atomic E-state index is 0.00427. The van der Waals surface area contributed by atoms with E-state index in [-0.39, 0.29) is 11.7 Å². The summed E-state index contributed by atoms with van der Waals surface area (Å²) in [4.78, 5) is 17.4. The van der Waals surface area contributed by atoms with Gasteiger partial charge in [0, 0.05) is 21.9 Å². The lowest BCUT2D eigenvalue weighted by Crippen LogP contribution is -2.30. The number of aromatic nitrogens is 3. The molecule has 0 N–H and O–H groups in total. The normalized spacial score (nSPS) is 12.2. The summed E-state index contributed by atoms with van der Waals surface area (Å²) >= 11 is 3.09. The van der Waals surface area contributed by atoms with Gasteiger partial charge in [0.15, 0.2) is 11.0 Å². The molecular weight excluding hydrogens is 436 g/mol. The number of fused-ring (bicyclic) bond motifs is 2. The Bertz CT molecular complexity index is 1240. The summed E-state index contributed by atoms with van der Waals surface area (Å²) in [5.41, 5.74) is 2.81. The Labute approximate surface area is 195 Å². The first-order valence-electron chi connectivity index (χ1n) is 10.2. The molecule has 0 spiro atoms. The second kappa shape index (κ2) is 9.06. The van der Waals surface area contributed by atoms with E-state index in [9.17, 15) is 4.79 Å². The first-order chi connectivity index (χ1) is 15.8. The fourth-order valence-electron chi connectivity index (χ4n) is 3.65. The minimum Gasteiger partial charge on any atom is -0.298 e. The second-order valence-corrected chi connectivity index (χ2v) is 9.15. The van der Waals surface area contributed by atoms with Crippen molar-refractivity contribution in [3.63, 3.8) is 0 Å². The maximum Gasteiger partial charge on any atom is 0.242 e. The predicted octanol–water partition coefficient (Wildman–Crippen LogP) is 6.05. The summed E-state index contributed by atoms with van der Waals surface area (Å²) in [6.45, 7) is 4.44. The van der Waals surface area contributed by atoms with Crippen LogP contribution in [0.4, 0.5) is 11.4 Å². The summed E-state index contributed by atoms with van der Waals surface area (Å²) in [5, 5.41) is 9.45. The van der Waals surface area contributed by atoms with Crippen LogP contribution in [0, 0.1) is 0 Å². The quantitative estimate of drug-likeness (QED) is 0.261. The summed E-state index contributed by atoms with van der Waals surface area (Å²) in [6, 6.07) is 25.9. The molecule has 4 aromatic rings. The number of carbonyl (C=O) groups is 1. The van der Waals surface area contributed by atoms with Crippen molar-refractivity contribution in [1.82, 2.24) is 14.8 Å². The molecule has 1 aliphatic rings. The van der Waals surface area contributed by atoms with Gasteiger partial charge < -0.3 is 0 Å². The molecule has 0 atom stereocenters. The van der Waals surface area contributed by atoms with E-state index in [1.54, 1.807) is 11.8 Å². The molecule has 0 fully saturated rings. The number of hydrogen-bond acceptors (Lipinski definition) is 5. The van der Waals surface area contributed by atoms with Gasteiger partial charge in [0.1, 0.15) is 0 Å². The van der Waals surface area contributed by atoms with Gasteiger partial charge in [0.05, 0.1) is 17.1 Å². The summed E-state index contributed by atoms with van der Waals surface area (Å²) in [6.07, 6.45) is 1.82. The molecular formula is C25H20N4OS2. The molecule has 158 valence electrons. The van der Waals surface area contributed by atoms with Gasteiger partial charge in [0.25, 0.3) is 0 Å². The molecule has 0 radical (unpaired) electrons. The number of anilines is 2. The average molecular weight is 457 g/mol. The van der Waals surface area contributed by atoms with Gasteiger partial charge in [-0.15, -0.1) is 16.8 Å². The van der Waals surface area contributed by atoms with Crippen molar-refractivity contribution in [3.05, 3.63) is 91.5 Å². The molecule has 3 aromatic carbocycles. The lowest BCUT2D eigenvalue weighted by atomic mass is 10.2. The Balaban J connectivity index is 1.43. The number of rotatable bonds is 6. The van der Waals surface area contributed by atoms with Crippen LogP contribution in [0.3, 0.4) is 0 Å². The van der Waals surface area contributed by atoms with Gasteiger partial charge in [0.2, 0.25) is 5.91 Å². The molecule has 0 saturated heterocycles. The number of benzene rings is 3. The average Bonchev–Trinajstić information content (AvgIpc) is 3.24. The largest absolute Gasteiger partial charge is 0.298 e. The van der Waals surface area contributed by atoms with Crippen molar-refractivity contribution in [2.45, 2.75) is 21.5 Å². The molecule has 1 aliphatic heterocycles. The van der Waals surface area contributed by atoms with E-state index in [1.165, 1.54) is 11.8 Å². The van der Waals surface area contributed by atoms with Gasteiger partial charge in [-0.2, -0.15) is 0 Å². The monoisotopic (exact) mass is 456 g/mol. The van der Waals surface area contributed by atoms with E-state index in [2.05, 4.69) is 28.9 Å². The van der Waals surface area contributed by atoms with Crippen molar-refractivity contribution < 1.29 is 4.79 Å². The van der Waals surface area contributed by atoms with Crippen LogP contribution in [0.5, 0.6) is 0 Å². The SMILES string of the molecule is C=CCn1c(SCC(=O)N2c3ccccc3Sc3ccccc32)nnc1-c1ccccc1. The van der Waals surface area contributed by atoms with Gasteiger partial charge in [-0.25, -0.2) is 0 Å². The lowest BCUT2D eigenvalue weighted by Gasteiger charge is -2.30. The molecule has 7 heteroatoms. The number of para-hydroxylation sites is 2. The fourth-order valence-corrected chi connectivity index (χ4v) is 5.51. The predicted molar refractivity (Wildman–Crippen MR) is 131 cm³/mol. The number of thioether (sulfide) groups is 1. The third-order valence-corrected chi connectivity index (χ3v) is 7.15. The maximum absolute atomic E-state index is 13.5. The number of carbonyl (C=O) groups excluding carboxylic acids is 1. The fraction of sp³-hybridized carbons (Fsp3) is 0.0800. The van der Waals surface area contributed by atoms with Crippen molar-refractivity contribution in [2.24, 2.45) is 0 Å². The van der Waals surface area contributed by atoms with Crippen molar-refractivity contribution in [1.29, 1.82) is 0 Å². The Morgan fingerprint density at radius 1 is 0.906 bits per heavy atom. The summed E-state index contributed by atoms with van der Waals surface area (Å²) < 4.78 is 1.99. The van der Waals surface area contributed by atoms with Crippen LogP contribution in [0.15, 0.2) is 106 Å². The van der Waals surface area contributed by atoms with Gasteiger partial charge >= 0.3 is 0 Å². The zero-order chi connectivity index (χ0) is 21.9. The number of amides is 1. The van der Waals surface area contributed by atoms with E-state index in [0.29, 0.717) is 11.7 Å². The maximum atomic E-state index is 13.5. The highest BCUT2D eigenvalue weighted by atomic mass is 32.2. The van der Waals surface area contributed by atoms with E-state index >= 15 is 0 Å². The molecule has 1 aromatic heterocycles. The zero-order valence-corrected chi connectivity index (χ0v) is 18.9. The van der Waals surface area contributed by atoms with Crippen LogP contribution >= 0.6 is 23.5 Å². The van der Waals surface area contributed by atoms with Crippen LogP contribution in [-0.4, -0.2) is 26.4 Å². The second-order valence-electron chi connectivity index (χ2n) is 7.13. The zero-order valence-electron chi connectivity index (χ0n) is 17.2. The molecule has 0 unspecified atom stereocenters. The highest BCUT2D eigenvalue weighted by molar-refractivity contribution is 8.00. The van der Waals surface area contributed by atoms with Gasteiger partial charge in [-0.1, -0.05) is 84.2 Å². The number of hydrogen-bond donors (Lipinski definition) is 0. The summed E-state index contributed by atoms with van der Waals surface area (Å²) in [5.74, 6) is 1.02. The van der Waals surface area contributed by atoms with E-state index < -0.39 is 0 Å². The Hall–Kier alpha value is -3.29. The molecule has 0 bridgehead atoms. The van der Waals surface area contributed by atoms with Crippen molar-refractivity contribution in [2.75, 3.05) is 10.7 Å². The number of nitrogens with zero attached hydrogens (tertiary/aromatic N) is 4. The Kier molecular flexibility index (Phi) is 5.83. The molecule has 2 heterocycles.